The average molecular weight is 233 g/mol. The molecule has 1 aromatic carbocycles. The fraction of sp³-hybridized carbons (Fsp3) is 0.333. The molecule has 0 aromatic heterocycles. The van der Waals surface area contributed by atoms with Crippen molar-refractivity contribution in [2.24, 2.45) is 4.99 Å². The molecular formula is C12H15N3O2. The second-order valence-electron chi connectivity index (χ2n) is 3.84. The molecule has 0 fully saturated rings. The van der Waals surface area contributed by atoms with Crippen LogP contribution < -0.4 is 10.6 Å². The van der Waals surface area contributed by atoms with Crippen molar-refractivity contribution in [3.05, 3.63) is 35.9 Å². The Morgan fingerprint density at radius 1 is 1.53 bits per heavy atom. The van der Waals surface area contributed by atoms with Crippen molar-refractivity contribution >= 4 is 12.1 Å². The molecule has 1 aliphatic rings. The number of nitrogens with one attached hydrogen (secondary N) is 2. The highest BCUT2D eigenvalue weighted by Gasteiger charge is 2.19. The quantitative estimate of drug-likeness (QED) is 0.798. The predicted octanol–water partition coefficient (Wildman–Crippen LogP) is 0.913. The second kappa shape index (κ2) is 5.34. The lowest BCUT2D eigenvalue weighted by Crippen LogP contribution is -2.42. The van der Waals surface area contributed by atoms with Gasteiger partial charge in [0.25, 0.3) is 0 Å². The number of benzene rings is 1. The lowest BCUT2D eigenvalue weighted by atomic mass is 10.1. The number of rotatable bonds is 2. The molecule has 2 rings (SSSR count). The summed E-state index contributed by atoms with van der Waals surface area (Å²) in [7, 11) is 1.33. The maximum absolute atomic E-state index is 11.0. The maximum Gasteiger partial charge on any atom is 0.413 e. The van der Waals surface area contributed by atoms with Gasteiger partial charge in [-0.05, 0) is 12.0 Å². The van der Waals surface area contributed by atoms with E-state index < -0.39 is 6.09 Å². The van der Waals surface area contributed by atoms with Gasteiger partial charge in [-0.25, -0.2) is 4.79 Å². The van der Waals surface area contributed by atoms with Crippen LogP contribution in [0.4, 0.5) is 4.79 Å². The highest BCUT2D eigenvalue weighted by Crippen LogP contribution is 2.06. The Morgan fingerprint density at radius 3 is 3.00 bits per heavy atom. The number of aliphatic imine (C=N–C) groups is 1. The van der Waals surface area contributed by atoms with E-state index in [2.05, 4.69) is 32.5 Å². The van der Waals surface area contributed by atoms with Gasteiger partial charge in [0.2, 0.25) is 5.96 Å². The highest BCUT2D eigenvalue weighted by atomic mass is 16.5. The second-order valence-corrected chi connectivity index (χ2v) is 3.84. The summed E-state index contributed by atoms with van der Waals surface area (Å²) in [6.07, 6.45) is 0.382. The third-order valence-corrected chi connectivity index (χ3v) is 2.54. The Bertz CT molecular complexity index is 417. The van der Waals surface area contributed by atoms with E-state index in [0.29, 0.717) is 12.5 Å². The van der Waals surface area contributed by atoms with Crippen molar-refractivity contribution in [1.29, 1.82) is 0 Å². The van der Waals surface area contributed by atoms with Crippen LogP contribution in [0.1, 0.15) is 5.56 Å². The number of alkyl carbamates (subject to hydrolysis) is 1. The maximum atomic E-state index is 11.0. The normalized spacial score (nSPS) is 18.2. The molecule has 0 saturated carbocycles. The van der Waals surface area contributed by atoms with Crippen LogP contribution in [-0.2, 0) is 11.2 Å². The fourth-order valence-electron chi connectivity index (χ4n) is 1.72. The van der Waals surface area contributed by atoms with Gasteiger partial charge in [-0.1, -0.05) is 30.3 Å². The molecule has 1 heterocycles. The Kier molecular flexibility index (Phi) is 3.59. The number of carbonyl (C=O) groups excluding carboxylic acids is 1. The van der Waals surface area contributed by atoms with E-state index in [0.717, 1.165) is 6.42 Å². The summed E-state index contributed by atoms with van der Waals surface area (Å²) in [6.45, 7) is 0.661. The molecule has 0 saturated heterocycles. The molecule has 1 atom stereocenters. The molecule has 0 bridgehead atoms. The molecule has 1 aliphatic heterocycles. The molecule has 90 valence electrons. The number of hydrogen-bond acceptors (Lipinski definition) is 4. The minimum atomic E-state index is -0.503. The molecule has 0 aliphatic carbocycles. The van der Waals surface area contributed by atoms with Gasteiger partial charge >= 0.3 is 6.09 Å². The van der Waals surface area contributed by atoms with Crippen LogP contribution in [0.5, 0.6) is 0 Å². The van der Waals surface area contributed by atoms with Crippen LogP contribution in [-0.4, -0.2) is 31.7 Å². The molecule has 0 spiro atoms. The largest absolute Gasteiger partial charge is 0.453 e. The minimum Gasteiger partial charge on any atom is -0.453 e. The van der Waals surface area contributed by atoms with Gasteiger partial charge in [-0.2, -0.15) is 0 Å². The van der Waals surface area contributed by atoms with Crippen molar-refractivity contribution in [2.45, 2.75) is 12.5 Å². The van der Waals surface area contributed by atoms with E-state index in [1.54, 1.807) is 0 Å². The number of hydrogen-bond donors (Lipinski definition) is 2. The zero-order valence-electron chi connectivity index (χ0n) is 9.64. The van der Waals surface area contributed by atoms with Crippen molar-refractivity contribution < 1.29 is 9.53 Å². The van der Waals surface area contributed by atoms with Crippen molar-refractivity contribution in [3.63, 3.8) is 0 Å². The number of ether oxygens (including phenoxy) is 1. The first-order valence-electron chi connectivity index (χ1n) is 5.48. The van der Waals surface area contributed by atoms with E-state index in [1.807, 2.05) is 18.2 Å². The first-order valence-corrected chi connectivity index (χ1v) is 5.48. The van der Waals surface area contributed by atoms with Gasteiger partial charge in [0.1, 0.15) is 0 Å². The van der Waals surface area contributed by atoms with E-state index >= 15 is 0 Å². The number of guanidine groups is 1. The van der Waals surface area contributed by atoms with Gasteiger partial charge in [0, 0.05) is 0 Å². The number of nitrogens with zero attached hydrogens (tertiary/aromatic N) is 1. The fourth-order valence-corrected chi connectivity index (χ4v) is 1.72. The standard InChI is InChI=1S/C12H15N3O2/c1-17-12(16)15-11-13-8-10(14-11)7-9-5-3-2-4-6-9/h2-6,10H,7-8H2,1H3,(H2,13,14,15,16). The SMILES string of the molecule is COC(=O)NC1=NCC(Cc2ccccc2)N1. The molecule has 1 aromatic rings. The lowest BCUT2D eigenvalue weighted by Gasteiger charge is -2.11. The molecular weight excluding hydrogens is 218 g/mol. The smallest absolute Gasteiger partial charge is 0.413 e. The first-order chi connectivity index (χ1) is 8.28. The van der Waals surface area contributed by atoms with E-state index in [1.165, 1.54) is 12.7 Å². The molecule has 1 amide bonds. The summed E-state index contributed by atoms with van der Waals surface area (Å²) in [5, 5.41) is 5.66. The van der Waals surface area contributed by atoms with Gasteiger partial charge in [-0.3, -0.25) is 10.3 Å². The topological polar surface area (TPSA) is 62.7 Å². The van der Waals surface area contributed by atoms with Gasteiger partial charge in [0.15, 0.2) is 0 Å². The summed E-state index contributed by atoms with van der Waals surface area (Å²) in [5.74, 6) is 0.484. The molecule has 1 unspecified atom stereocenters. The van der Waals surface area contributed by atoms with Crippen LogP contribution in [0.2, 0.25) is 0 Å². The van der Waals surface area contributed by atoms with E-state index in [9.17, 15) is 4.79 Å². The van der Waals surface area contributed by atoms with E-state index in [-0.39, 0.29) is 6.04 Å². The Morgan fingerprint density at radius 2 is 2.29 bits per heavy atom. The summed E-state index contributed by atoms with van der Waals surface area (Å²) < 4.78 is 4.49. The number of methoxy groups -OCH3 is 1. The van der Waals surface area contributed by atoms with Crippen LogP contribution in [0.15, 0.2) is 35.3 Å². The summed E-state index contributed by atoms with van der Waals surface area (Å²) in [6, 6.07) is 10.4. The molecule has 0 radical (unpaired) electrons. The molecule has 5 heteroatoms. The van der Waals surface area contributed by atoms with Crippen molar-refractivity contribution in [1.82, 2.24) is 10.6 Å². The third kappa shape index (κ3) is 3.21. The van der Waals surface area contributed by atoms with Gasteiger partial charge < -0.3 is 10.1 Å². The number of amides is 1. The zero-order valence-corrected chi connectivity index (χ0v) is 9.64. The summed E-state index contributed by atoms with van der Waals surface area (Å²) in [5.41, 5.74) is 1.25. The van der Waals surface area contributed by atoms with Gasteiger partial charge in [-0.15, -0.1) is 0 Å². The molecule has 2 N–H and O–H groups in total. The zero-order chi connectivity index (χ0) is 12.1. The summed E-state index contributed by atoms with van der Waals surface area (Å²) >= 11 is 0. The number of carbonyl (C=O) groups is 1. The van der Waals surface area contributed by atoms with Crippen molar-refractivity contribution in [3.8, 4) is 0 Å². The highest BCUT2D eigenvalue weighted by molar-refractivity contribution is 5.94. The Balaban J connectivity index is 1.83. The lowest BCUT2D eigenvalue weighted by molar-refractivity contribution is 0.176. The molecule has 17 heavy (non-hydrogen) atoms. The first kappa shape index (κ1) is 11.4. The van der Waals surface area contributed by atoms with E-state index in [4.69, 9.17) is 0 Å². The average Bonchev–Trinajstić information content (AvgIpc) is 2.77. The molecule has 5 nitrogen and oxygen atoms in total. The minimum absolute atomic E-state index is 0.226. The van der Waals surface area contributed by atoms with Crippen LogP contribution in [0.3, 0.4) is 0 Å². The summed E-state index contributed by atoms with van der Waals surface area (Å²) in [4.78, 5) is 15.2. The van der Waals surface area contributed by atoms with Crippen molar-refractivity contribution in [2.75, 3.05) is 13.7 Å². The van der Waals surface area contributed by atoms with Gasteiger partial charge in [0.05, 0.1) is 19.7 Å². The van der Waals surface area contributed by atoms with Crippen LogP contribution in [0.25, 0.3) is 0 Å². The third-order valence-electron chi connectivity index (χ3n) is 2.54. The van der Waals surface area contributed by atoms with Crippen LogP contribution in [0, 0.1) is 0 Å². The predicted molar refractivity (Wildman–Crippen MR) is 64.9 cm³/mol. The Hall–Kier alpha value is -2.04. The Labute approximate surface area is 99.9 Å². The monoisotopic (exact) mass is 233 g/mol. The van der Waals surface area contributed by atoms with Crippen LogP contribution >= 0.6 is 0 Å².